The van der Waals surface area contributed by atoms with Gasteiger partial charge in [-0.15, -0.1) is 0 Å². The van der Waals surface area contributed by atoms with Crippen LogP contribution in [0.2, 0.25) is 0 Å². The van der Waals surface area contributed by atoms with Crippen LogP contribution in [-0.2, 0) is 4.79 Å². The molecule has 3 heteroatoms. The maximum Gasteiger partial charge on any atom is 0.303 e. The topological polar surface area (TPSA) is 40.5 Å². The highest BCUT2D eigenvalue weighted by molar-refractivity contribution is 5.67. The fourth-order valence-corrected chi connectivity index (χ4v) is 2.26. The first-order valence-corrected chi connectivity index (χ1v) is 4.92. The van der Waals surface area contributed by atoms with Crippen LogP contribution in [0.1, 0.15) is 25.7 Å². The fraction of sp³-hybridized carbons (Fsp3) is 0.700. The van der Waals surface area contributed by atoms with Gasteiger partial charge in [0.15, 0.2) is 0 Å². The van der Waals surface area contributed by atoms with E-state index in [0.29, 0.717) is 5.92 Å². The summed E-state index contributed by atoms with van der Waals surface area (Å²) in [5.41, 5.74) is 1.36. The van der Waals surface area contributed by atoms with Gasteiger partial charge in [0.05, 0.1) is 0 Å². The maximum absolute atomic E-state index is 10.4. The molecule has 0 aromatic rings. The summed E-state index contributed by atoms with van der Waals surface area (Å²) in [7, 11) is 0. The molecule has 3 nitrogen and oxygen atoms in total. The van der Waals surface area contributed by atoms with Gasteiger partial charge < -0.3 is 10.0 Å². The Hall–Kier alpha value is -0.990. The Morgan fingerprint density at radius 1 is 1.54 bits per heavy atom. The van der Waals surface area contributed by atoms with Crippen molar-refractivity contribution in [1.82, 2.24) is 4.90 Å². The lowest BCUT2D eigenvalue weighted by Crippen LogP contribution is -2.36. The van der Waals surface area contributed by atoms with Crippen molar-refractivity contribution in [2.75, 3.05) is 13.1 Å². The minimum Gasteiger partial charge on any atom is -0.481 e. The number of carbonyl (C=O) groups is 1. The normalized spacial score (nSPS) is 21.8. The van der Waals surface area contributed by atoms with E-state index in [1.807, 2.05) is 0 Å². The molecule has 2 bridgehead atoms. The number of piperidine rings is 1. The third-order valence-electron chi connectivity index (χ3n) is 3.03. The number of carboxylic acids is 1. The molecule has 1 N–H and O–H groups in total. The molecule has 13 heavy (non-hydrogen) atoms. The average Bonchev–Trinajstić information content (AvgIpc) is 2.17. The Labute approximate surface area is 78.0 Å². The molecule has 0 atom stereocenters. The van der Waals surface area contributed by atoms with E-state index in [1.54, 1.807) is 0 Å². The van der Waals surface area contributed by atoms with E-state index < -0.39 is 5.97 Å². The lowest BCUT2D eigenvalue weighted by Gasteiger charge is -2.39. The highest BCUT2D eigenvalue weighted by Gasteiger charge is 2.26. The number of rotatable bonds is 3. The van der Waals surface area contributed by atoms with Gasteiger partial charge in [0.2, 0.25) is 0 Å². The van der Waals surface area contributed by atoms with E-state index in [4.69, 9.17) is 5.11 Å². The molecule has 0 radical (unpaired) electrons. The molecule has 3 aliphatic heterocycles. The van der Waals surface area contributed by atoms with E-state index >= 15 is 0 Å². The van der Waals surface area contributed by atoms with Crippen LogP contribution < -0.4 is 0 Å². The van der Waals surface area contributed by atoms with Gasteiger partial charge in [0.1, 0.15) is 0 Å². The fourth-order valence-electron chi connectivity index (χ4n) is 2.26. The van der Waals surface area contributed by atoms with Crippen molar-refractivity contribution >= 4 is 5.97 Å². The van der Waals surface area contributed by atoms with Crippen LogP contribution in [0.3, 0.4) is 0 Å². The van der Waals surface area contributed by atoms with Gasteiger partial charge in [-0.1, -0.05) is 5.57 Å². The minimum absolute atomic E-state index is 0.288. The number of hydrogen-bond acceptors (Lipinski definition) is 2. The van der Waals surface area contributed by atoms with Crippen molar-refractivity contribution in [3.8, 4) is 0 Å². The lowest BCUT2D eigenvalue weighted by molar-refractivity contribution is -0.137. The molecule has 0 amide bonds. The van der Waals surface area contributed by atoms with Gasteiger partial charge in [-0.3, -0.25) is 4.79 Å². The Morgan fingerprint density at radius 2 is 2.23 bits per heavy atom. The van der Waals surface area contributed by atoms with Crippen molar-refractivity contribution < 1.29 is 9.90 Å². The Kier molecular flexibility index (Phi) is 2.25. The van der Waals surface area contributed by atoms with E-state index in [2.05, 4.69) is 11.1 Å². The molecule has 3 rings (SSSR count). The predicted octanol–water partition coefficient (Wildman–Crippen LogP) is 1.46. The predicted molar refractivity (Wildman–Crippen MR) is 49.2 cm³/mol. The monoisotopic (exact) mass is 181 g/mol. The molecule has 1 fully saturated rings. The van der Waals surface area contributed by atoms with Crippen LogP contribution in [0.5, 0.6) is 0 Å². The summed E-state index contributed by atoms with van der Waals surface area (Å²) in [6.07, 6.45) is 5.67. The second-order valence-electron chi connectivity index (χ2n) is 3.91. The van der Waals surface area contributed by atoms with Crippen LogP contribution in [-0.4, -0.2) is 29.1 Å². The van der Waals surface area contributed by atoms with Gasteiger partial charge in [0.25, 0.3) is 0 Å². The van der Waals surface area contributed by atoms with E-state index in [0.717, 1.165) is 6.42 Å². The highest BCUT2D eigenvalue weighted by atomic mass is 16.4. The van der Waals surface area contributed by atoms with Gasteiger partial charge in [0, 0.05) is 19.5 Å². The van der Waals surface area contributed by atoms with Gasteiger partial charge >= 0.3 is 5.97 Å². The zero-order chi connectivity index (χ0) is 9.26. The van der Waals surface area contributed by atoms with Crippen molar-refractivity contribution in [3.05, 3.63) is 11.8 Å². The van der Waals surface area contributed by atoms with Crippen molar-refractivity contribution in [3.63, 3.8) is 0 Å². The Morgan fingerprint density at radius 3 is 2.69 bits per heavy atom. The second-order valence-corrected chi connectivity index (χ2v) is 3.91. The van der Waals surface area contributed by atoms with E-state index in [9.17, 15) is 4.79 Å². The largest absolute Gasteiger partial charge is 0.481 e. The summed E-state index contributed by atoms with van der Waals surface area (Å²) in [6.45, 7) is 2.34. The molecule has 72 valence electrons. The molecule has 3 aliphatic rings. The first-order valence-electron chi connectivity index (χ1n) is 4.92. The molecule has 0 aromatic carbocycles. The molecule has 1 saturated heterocycles. The van der Waals surface area contributed by atoms with Crippen molar-refractivity contribution in [1.29, 1.82) is 0 Å². The van der Waals surface area contributed by atoms with Crippen LogP contribution in [0.15, 0.2) is 11.8 Å². The quantitative estimate of drug-likeness (QED) is 0.716. The molecule has 0 saturated carbocycles. The highest BCUT2D eigenvalue weighted by Crippen LogP contribution is 2.33. The number of carboxylic acid groups (broad SMARTS) is 1. The Bertz CT molecular complexity index is 239. The van der Waals surface area contributed by atoms with Crippen LogP contribution in [0.4, 0.5) is 0 Å². The maximum atomic E-state index is 10.4. The molecular weight excluding hydrogens is 166 g/mol. The summed E-state index contributed by atoms with van der Waals surface area (Å²) in [4.78, 5) is 12.7. The van der Waals surface area contributed by atoms with Gasteiger partial charge in [-0.25, -0.2) is 0 Å². The molecular formula is C10H15NO2. The van der Waals surface area contributed by atoms with Crippen molar-refractivity contribution in [2.24, 2.45) is 5.92 Å². The standard InChI is InChI=1S/C10H15NO2/c12-10(13)2-1-9-7-11-5-3-8(9)4-6-11/h7-8H,1-6H2,(H,12,13). The summed E-state index contributed by atoms with van der Waals surface area (Å²) in [5.74, 6) is 0.00157. The number of fused-ring (bicyclic) bond motifs is 2. The van der Waals surface area contributed by atoms with Gasteiger partial charge in [-0.05, 0) is 31.4 Å². The third-order valence-corrected chi connectivity index (χ3v) is 3.03. The lowest BCUT2D eigenvalue weighted by atomic mass is 9.84. The SMILES string of the molecule is O=C(O)CCC1=CN2CCC1CC2. The summed E-state index contributed by atoms with van der Waals surface area (Å²) >= 11 is 0. The zero-order valence-corrected chi connectivity index (χ0v) is 7.70. The number of aliphatic carboxylic acids is 1. The van der Waals surface area contributed by atoms with Crippen LogP contribution in [0.25, 0.3) is 0 Å². The first-order chi connectivity index (χ1) is 6.25. The number of hydrogen-bond donors (Lipinski definition) is 1. The number of nitrogens with zero attached hydrogens (tertiary/aromatic N) is 1. The van der Waals surface area contributed by atoms with E-state index in [1.165, 1.54) is 31.5 Å². The molecule has 0 unspecified atom stereocenters. The smallest absolute Gasteiger partial charge is 0.303 e. The Balaban J connectivity index is 1.95. The average molecular weight is 181 g/mol. The second kappa shape index (κ2) is 3.40. The van der Waals surface area contributed by atoms with Crippen molar-refractivity contribution in [2.45, 2.75) is 25.7 Å². The minimum atomic E-state index is -0.683. The molecule has 0 aromatic heterocycles. The van der Waals surface area contributed by atoms with Crippen LogP contribution >= 0.6 is 0 Å². The zero-order valence-electron chi connectivity index (χ0n) is 7.70. The first kappa shape index (κ1) is 8.60. The summed E-state index contributed by atoms with van der Waals surface area (Å²) in [6, 6.07) is 0. The third kappa shape index (κ3) is 1.85. The van der Waals surface area contributed by atoms with E-state index in [-0.39, 0.29) is 6.42 Å². The molecule has 0 aliphatic carbocycles. The van der Waals surface area contributed by atoms with Crippen LogP contribution in [0, 0.1) is 5.92 Å². The summed E-state index contributed by atoms with van der Waals surface area (Å²) in [5, 5.41) is 8.57. The van der Waals surface area contributed by atoms with Gasteiger partial charge in [-0.2, -0.15) is 0 Å². The number of allylic oxidation sites excluding steroid dienone is 1. The summed E-state index contributed by atoms with van der Waals surface area (Å²) < 4.78 is 0. The molecule has 0 spiro atoms. The molecule has 3 heterocycles.